The van der Waals surface area contributed by atoms with E-state index in [-0.39, 0.29) is 17.5 Å². The van der Waals surface area contributed by atoms with Gasteiger partial charge in [-0.3, -0.25) is 18.7 Å². The summed E-state index contributed by atoms with van der Waals surface area (Å²) in [6.07, 6.45) is 0.758. The molecular weight excluding hydrogens is 350 g/mol. The second-order valence-corrected chi connectivity index (χ2v) is 6.61. The quantitative estimate of drug-likeness (QED) is 0.789. The predicted molar refractivity (Wildman–Crippen MR) is 99.7 cm³/mol. The van der Waals surface area contributed by atoms with Gasteiger partial charge < -0.3 is 14.4 Å². The zero-order valence-corrected chi connectivity index (χ0v) is 15.9. The van der Waals surface area contributed by atoms with Gasteiger partial charge in [0.05, 0.1) is 14.2 Å². The van der Waals surface area contributed by atoms with E-state index < -0.39 is 11.2 Å². The van der Waals surface area contributed by atoms with Gasteiger partial charge in [-0.15, -0.1) is 0 Å². The van der Waals surface area contributed by atoms with Gasteiger partial charge in [0.1, 0.15) is 17.2 Å². The van der Waals surface area contributed by atoms with Gasteiger partial charge in [0, 0.05) is 44.7 Å². The molecule has 1 aromatic carbocycles. The summed E-state index contributed by atoms with van der Waals surface area (Å²) in [6, 6.07) is 6.81. The number of nitrogens with zero attached hydrogens (tertiary/aromatic N) is 3. The average molecular weight is 373 g/mol. The molecule has 1 amide bonds. The minimum Gasteiger partial charge on any atom is -0.497 e. The Labute approximate surface area is 156 Å². The highest BCUT2D eigenvalue weighted by molar-refractivity contribution is 5.92. The molecule has 1 fully saturated rings. The summed E-state index contributed by atoms with van der Waals surface area (Å²) < 4.78 is 12.9. The minimum atomic E-state index is -0.518. The second-order valence-electron chi connectivity index (χ2n) is 6.61. The maximum atomic E-state index is 12.9. The van der Waals surface area contributed by atoms with Crippen LogP contribution in [0.5, 0.6) is 11.5 Å². The first kappa shape index (κ1) is 18.8. The molecule has 8 nitrogen and oxygen atoms in total. The van der Waals surface area contributed by atoms with Gasteiger partial charge in [0.2, 0.25) is 0 Å². The number of ether oxygens (including phenoxy) is 2. The van der Waals surface area contributed by atoms with Gasteiger partial charge in [0.25, 0.3) is 11.5 Å². The normalized spacial score (nSPS) is 16.4. The van der Waals surface area contributed by atoms with Crippen molar-refractivity contribution < 1.29 is 14.3 Å². The average Bonchev–Trinajstić information content (AvgIpc) is 3.18. The zero-order valence-electron chi connectivity index (χ0n) is 15.9. The van der Waals surface area contributed by atoms with Crippen molar-refractivity contribution >= 4 is 5.91 Å². The fraction of sp³-hybridized carbons (Fsp3) is 0.421. The van der Waals surface area contributed by atoms with Crippen LogP contribution in [0.3, 0.4) is 0 Å². The van der Waals surface area contributed by atoms with Crippen LogP contribution in [0.2, 0.25) is 0 Å². The molecule has 1 aromatic heterocycles. The molecule has 0 unspecified atom stereocenters. The van der Waals surface area contributed by atoms with E-state index >= 15 is 0 Å². The molecule has 0 bridgehead atoms. The van der Waals surface area contributed by atoms with E-state index in [1.165, 1.54) is 24.7 Å². The smallest absolute Gasteiger partial charge is 0.331 e. The maximum absolute atomic E-state index is 12.9. The number of rotatable bonds is 4. The molecule has 1 aliphatic rings. The fourth-order valence-electron chi connectivity index (χ4n) is 3.46. The van der Waals surface area contributed by atoms with Gasteiger partial charge in [-0.05, 0) is 24.6 Å². The van der Waals surface area contributed by atoms with Gasteiger partial charge in [0.15, 0.2) is 0 Å². The predicted octanol–water partition coefficient (Wildman–Crippen LogP) is 0.731. The third-order valence-corrected chi connectivity index (χ3v) is 5.10. The van der Waals surface area contributed by atoms with E-state index in [1.54, 1.807) is 19.1 Å². The van der Waals surface area contributed by atoms with Crippen molar-refractivity contribution in [3.05, 3.63) is 56.4 Å². The molecule has 2 heterocycles. The van der Waals surface area contributed by atoms with Crippen molar-refractivity contribution in [2.75, 3.05) is 27.3 Å². The van der Waals surface area contributed by atoms with Crippen molar-refractivity contribution in [1.29, 1.82) is 0 Å². The van der Waals surface area contributed by atoms with Crippen LogP contribution in [0.4, 0.5) is 0 Å². The molecule has 2 aromatic rings. The van der Waals surface area contributed by atoms with Crippen LogP contribution in [0.25, 0.3) is 0 Å². The summed E-state index contributed by atoms with van der Waals surface area (Å²) >= 11 is 0. The van der Waals surface area contributed by atoms with Crippen molar-refractivity contribution in [1.82, 2.24) is 14.0 Å². The number of carbonyl (C=O) groups excluding carboxylic acids is 1. The number of amides is 1. The monoisotopic (exact) mass is 373 g/mol. The van der Waals surface area contributed by atoms with Crippen molar-refractivity contribution in [2.24, 2.45) is 14.1 Å². The van der Waals surface area contributed by atoms with Crippen LogP contribution in [-0.4, -0.2) is 47.3 Å². The molecule has 1 aliphatic heterocycles. The van der Waals surface area contributed by atoms with Crippen LogP contribution in [-0.2, 0) is 14.1 Å². The van der Waals surface area contributed by atoms with E-state index in [0.29, 0.717) is 13.1 Å². The third-order valence-electron chi connectivity index (χ3n) is 5.10. The Morgan fingerprint density at radius 2 is 1.81 bits per heavy atom. The lowest BCUT2D eigenvalue weighted by Gasteiger charge is -2.19. The van der Waals surface area contributed by atoms with Crippen LogP contribution in [0, 0.1) is 0 Å². The number of aromatic nitrogens is 2. The Morgan fingerprint density at radius 3 is 2.48 bits per heavy atom. The summed E-state index contributed by atoms with van der Waals surface area (Å²) in [6.45, 7) is 1.01. The summed E-state index contributed by atoms with van der Waals surface area (Å²) in [4.78, 5) is 38.6. The molecule has 3 rings (SSSR count). The first-order valence-electron chi connectivity index (χ1n) is 8.65. The SMILES string of the molecule is COc1ccc(OC)c([C@@H]2CCN(C(=O)c3cc(=O)n(C)c(=O)n3C)C2)c1. The van der Waals surface area contributed by atoms with Gasteiger partial charge in [-0.1, -0.05) is 0 Å². The number of hydrogen-bond acceptors (Lipinski definition) is 5. The summed E-state index contributed by atoms with van der Waals surface area (Å²) in [5, 5.41) is 0. The number of likely N-dealkylation sites (tertiary alicyclic amines) is 1. The van der Waals surface area contributed by atoms with E-state index in [4.69, 9.17) is 9.47 Å². The molecule has 0 N–H and O–H groups in total. The molecule has 0 radical (unpaired) electrons. The van der Waals surface area contributed by atoms with E-state index in [2.05, 4.69) is 0 Å². The molecule has 0 aliphatic carbocycles. The standard InChI is InChI=1S/C19H23N3O5/c1-20-15(10-17(23)21(2)19(20)25)18(24)22-8-7-12(11-22)14-9-13(26-3)5-6-16(14)27-4/h5-6,9-10,12H,7-8,11H2,1-4H3/t12-/m1/s1. The molecule has 144 valence electrons. The van der Waals surface area contributed by atoms with Crippen molar-refractivity contribution in [2.45, 2.75) is 12.3 Å². The first-order valence-corrected chi connectivity index (χ1v) is 8.65. The number of methoxy groups -OCH3 is 2. The van der Waals surface area contributed by atoms with E-state index in [0.717, 1.165) is 28.1 Å². The Morgan fingerprint density at radius 1 is 1.07 bits per heavy atom. The number of hydrogen-bond donors (Lipinski definition) is 0. The largest absolute Gasteiger partial charge is 0.497 e. The molecule has 0 spiro atoms. The molecular formula is C19H23N3O5. The van der Waals surface area contributed by atoms with Gasteiger partial charge in [-0.25, -0.2) is 4.79 Å². The first-order chi connectivity index (χ1) is 12.9. The molecule has 1 atom stereocenters. The Bertz CT molecular complexity index is 992. The highest BCUT2D eigenvalue weighted by Crippen LogP contribution is 2.36. The summed E-state index contributed by atoms with van der Waals surface area (Å²) in [7, 11) is 6.10. The lowest BCUT2D eigenvalue weighted by Crippen LogP contribution is -2.41. The third kappa shape index (κ3) is 3.34. The van der Waals surface area contributed by atoms with E-state index in [9.17, 15) is 14.4 Å². The number of carbonyl (C=O) groups is 1. The van der Waals surface area contributed by atoms with Crippen LogP contribution >= 0.6 is 0 Å². The van der Waals surface area contributed by atoms with Crippen molar-refractivity contribution in [3.8, 4) is 11.5 Å². The Kier molecular flexibility index (Phi) is 5.07. The lowest BCUT2D eigenvalue weighted by atomic mass is 9.97. The highest BCUT2D eigenvalue weighted by Gasteiger charge is 2.31. The Hall–Kier alpha value is -3.03. The summed E-state index contributed by atoms with van der Waals surface area (Å²) in [5.41, 5.74) is 0.0640. The lowest BCUT2D eigenvalue weighted by molar-refractivity contribution is 0.0778. The topological polar surface area (TPSA) is 82.8 Å². The van der Waals surface area contributed by atoms with E-state index in [1.807, 2.05) is 18.2 Å². The van der Waals surface area contributed by atoms with Crippen LogP contribution in [0.1, 0.15) is 28.4 Å². The van der Waals surface area contributed by atoms with Crippen molar-refractivity contribution in [3.63, 3.8) is 0 Å². The minimum absolute atomic E-state index is 0.0857. The summed E-state index contributed by atoms with van der Waals surface area (Å²) in [5.74, 6) is 1.24. The molecule has 27 heavy (non-hydrogen) atoms. The Balaban J connectivity index is 1.88. The highest BCUT2D eigenvalue weighted by atomic mass is 16.5. The molecule has 1 saturated heterocycles. The van der Waals surface area contributed by atoms with Crippen LogP contribution < -0.4 is 20.7 Å². The zero-order chi connectivity index (χ0) is 19.7. The second kappa shape index (κ2) is 7.30. The number of benzene rings is 1. The van der Waals surface area contributed by atoms with Gasteiger partial charge >= 0.3 is 5.69 Å². The van der Waals surface area contributed by atoms with Gasteiger partial charge in [-0.2, -0.15) is 0 Å². The van der Waals surface area contributed by atoms with Crippen LogP contribution in [0.15, 0.2) is 33.9 Å². The molecule has 8 heteroatoms. The maximum Gasteiger partial charge on any atom is 0.331 e. The molecule has 0 saturated carbocycles. The fourth-order valence-corrected chi connectivity index (χ4v) is 3.46.